The number of halogens is 2. The molecule has 6 heteroatoms. The lowest BCUT2D eigenvalue weighted by molar-refractivity contribution is 0.0947. The fourth-order valence-corrected chi connectivity index (χ4v) is 3.83. The average Bonchev–Trinajstić information content (AvgIpc) is 2.94. The second-order valence-corrected chi connectivity index (χ2v) is 7.11. The van der Waals surface area contributed by atoms with E-state index in [0.29, 0.717) is 0 Å². The van der Waals surface area contributed by atoms with E-state index >= 15 is 0 Å². The molecular formula is C19H16ClFN2OS. The predicted molar refractivity (Wildman–Crippen MR) is 99.6 cm³/mol. The number of benzene rings is 2. The molecule has 3 nitrogen and oxygen atoms in total. The van der Waals surface area contributed by atoms with Crippen molar-refractivity contribution in [3.63, 3.8) is 0 Å². The van der Waals surface area contributed by atoms with E-state index in [1.54, 1.807) is 0 Å². The van der Waals surface area contributed by atoms with Gasteiger partial charge in [0.25, 0.3) is 5.91 Å². The third-order valence-corrected chi connectivity index (χ3v) is 5.37. The molecule has 25 heavy (non-hydrogen) atoms. The van der Waals surface area contributed by atoms with Crippen molar-refractivity contribution in [1.82, 2.24) is 10.3 Å². The Bertz CT molecular complexity index is 919. The van der Waals surface area contributed by atoms with Crippen LogP contribution in [0, 0.1) is 19.7 Å². The van der Waals surface area contributed by atoms with Crippen LogP contribution in [0.5, 0.6) is 0 Å². The quantitative estimate of drug-likeness (QED) is 0.686. The molecule has 0 bridgehead atoms. The summed E-state index contributed by atoms with van der Waals surface area (Å²) in [5.41, 5.74) is 2.93. The van der Waals surface area contributed by atoms with Crippen molar-refractivity contribution in [3.8, 4) is 10.6 Å². The summed E-state index contributed by atoms with van der Waals surface area (Å²) < 4.78 is 13.8. The smallest absolute Gasteiger partial charge is 0.256 e. The number of thiazole rings is 1. The van der Waals surface area contributed by atoms with Crippen molar-refractivity contribution in [3.05, 3.63) is 75.0 Å². The number of aryl methyl sites for hydroxylation is 2. The topological polar surface area (TPSA) is 42.0 Å². The van der Waals surface area contributed by atoms with Gasteiger partial charge in [0.1, 0.15) is 10.8 Å². The summed E-state index contributed by atoms with van der Waals surface area (Å²) in [6.45, 7) is 4.21. The van der Waals surface area contributed by atoms with E-state index in [-0.39, 0.29) is 17.1 Å². The van der Waals surface area contributed by atoms with Crippen molar-refractivity contribution in [2.75, 3.05) is 0 Å². The minimum atomic E-state index is -0.633. The Balaban J connectivity index is 1.78. The van der Waals surface area contributed by atoms with E-state index in [0.717, 1.165) is 26.7 Å². The number of aromatic nitrogens is 1. The normalized spacial score (nSPS) is 10.7. The number of nitrogens with one attached hydrogen (secondary N) is 1. The van der Waals surface area contributed by atoms with Gasteiger partial charge in [-0.3, -0.25) is 4.79 Å². The molecule has 0 aliphatic heterocycles. The van der Waals surface area contributed by atoms with Crippen molar-refractivity contribution < 1.29 is 9.18 Å². The summed E-state index contributed by atoms with van der Waals surface area (Å²) in [6, 6.07) is 12.2. The van der Waals surface area contributed by atoms with E-state index in [1.807, 2.05) is 38.1 Å². The summed E-state index contributed by atoms with van der Waals surface area (Å²) in [5, 5.41) is 3.73. The first-order chi connectivity index (χ1) is 12.0. The lowest BCUT2D eigenvalue weighted by atomic mass is 10.1. The molecule has 0 saturated carbocycles. The van der Waals surface area contributed by atoms with Gasteiger partial charge in [-0.05, 0) is 31.5 Å². The molecule has 0 unspecified atom stereocenters. The lowest BCUT2D eigenvalue weighted by Gasteiger charge is -2.07. The third kappa shape index (κ3) is 3.72. The fourth-order valence-electron chi connectivity index (χ4n) is 2.48. The van der Waals surface area contributed by atoms with Crippen molar-refractivity contribution in [2.24, 2.45) is 0 Å². The Labute approximate surface area is 154 Å². The fraction of sp³-hybridized carbons (Fsp3) is 0.158. The maximum atomic E-state index is 13.8. The van der Waals surface area contributed by atoms with Gasteiger partial charge in [-0.25, -0.2) is 9.37 Å². The molecule has 0 aliphatic carbocycles. The lowest BCUT2D eigenvalue weighted by Crippen LogP contribution is -2.24. The molecule has 3 rings (SSSR count). The van der Waals surface area contributed by atoms with E-state index in [9.17, 15) is 9.18 Å². The first kappa shape index (κ1) is 17.6. The summed E-state index contributed by atoms with van der Waals surface area (Å²) >= 11 is 7.45. The van der Waals surface area contributed by atoms with Crippen molar-refractivity contribution in [1.29, 1.82) is 0 Å². The van der Waals surface area contributed by atoms with Crippen LogP contribution in [0.1, 0.15) is 26.5 Å². The molecule has 1 amide bonds. The van der Waals surface area contributed by atoms with Gasteiger partial charge in [0.2, 0.25) is 0 Å². The molecule has 0 fully saturated rings. The van der Waals surface area contributed by atoms with Crippen LogP contribution in [0.3, 0.4) is 0 Å². The molecule has 1 aromatic heterocycles. The number of carbonyl (C=O) groups excluding carboxylic acids is 1. The van der Waals surface area contributed by atoms with Gasteiger partial charge in [0.05, 0.1) is 22.8 Å². The minimum absolute atomic E-state index is 0.0964. The second kappa shape index (κ2) is 7.33. The summed E-state index contributed by atoms with van der Waals surface area (Å²) in [5.74, 6) is -1.17. The first-order valence-corrected chi connectivity index (χ1v) is 8.91. The number of carbonyl (C=O) groups is 1. The Morgan fingerprint density at radius 1 is 1.20 bits per heavy atom. The Kier molecular flexibility index (Phi) is 5.16. The van der Waals surface area contributed by atoms with Crippen molar-refractivity contribution in [2.45, 2.75) is 20.4 Å². The molecule has 3 aromatic rings. The molecule has 1 N–H and O–H groups in total. The van der Waals surface area contributed by atoms with Gasteiger partial charge >= 0.3 is 0 Å². The highest BCUT2D eigenvalue weighted by Crippen LogP contribution is 2.30. The van der Waals surface area contributed by atoms with Crippen LogP contribution in [-0.4, -0.2) is 10.9 Å². The highest BCUT2D eigenvalue weighted by atomic mass is 35.5. The zero-order chi connectivity index (χ0) is 18.0. The Morgan fingerprint density at radius 3 is 2.68 bits per heavy atom. The Morgan fingerprint density at radius 2 is 1.96 bits per heavy atom. The monoisotopic (exact) mass is 374 g/mol. The molecule has 0 saturated heterocycles. The molecule has 0 radical (unpaired) electrons. The van der Waals surface area contributed by atoms with Gasteiger partial charge < -0.3 is 5.32 Å². The summed E-state index contributed by atoms with van der Waals surface area (Å²) in [4.78, 5) is 17.8. The van der Waals surface area contributed by atoms with Crippen LogP contribution in [-0.2, 0) is 6.54 Å². The van der Waals surface area contributed by atoms with E-state index < -0.39 is 11.7 Å². The molecule has 128 valence electrons. The third-order valence-electron chi connectivity index (χ3n) is 3.87. The largest absolute Gasteiger partial charge is 0.347 e. The maximum Gasteiger partial charge on any atom is 0.256 e. The van der Waals surface area contributed by atoms with Crippen LogP contribution in [0.25, 0.3) is 10.6 Å². The predicted octanol–water partition coefficient (Wildman–Crippen LogP) is 5.15. The van der Waals surface area contributed by atoms with Crippen LogP contribution >= 0.6 is 22.9 Å². The number of hydrogen-bond donors (Lipinski definition) is 1. The average molecular weight is 375 g/mol. The highest BCUT2D eigenvalue weighted by molar-refractivity contribution is 7.15. The number of rotatable bonds is 4. The van der Waals surface area contributed by atoms with Crippen LogP contribution in [0.2, 0.25) is 5.02 Å². The summed E-state index contributed by atoms with van der Waals surface area (Å²) in [6.07, 6.45) is 0. The van der Waals surface area contributed by atoms with Gasteiger partial charge in [-0.1, -0.05) is 41.9 Å². The van der Waals surface area contributed by atoms with Gasteiger partial charge in [0, 0.05) is 10.4 Å². The molecule has 0 spiro atoms. The van der Waals surface area contributed by atoms with Crippen LogP contribution < -0.4 is 5.32 Å². The molecular weight excluding hydrogens is 359 g/mol. The number of hydrogen-bond acceptors (Lipinski definition) is 3. The van der Waals surface area contributed by atoms with Crippen LogP contribution in [0.4, 0.5) is 4.39 Å². The van der Waals surface area contributed by atoms with E-state index in [1.165, 1.54) is 29.5 Å². The first-order valence-electron chi connectivity index (χ1n) is 7.72. The SMILES string of the molecule is Cc1ccccc1-c1nc(C)c(CNC(=O)c2c(F)cccc2Cl)s1. The van der Waals surface area contributed by atoms with Gasteiger partial charge in [0.15, 0.2) is 0 Å². The van der Waals surface area contributed by atoms with E-state index in [4.69, 9.17) is 11.6 Å². The minimum Gasteiger partial charge on any atom is -0.347 e. The Hall–Kier alpha value is -2.24. The zero-order valence-electron chi connectivity index (χ0n) is 13.8. The van der Waals surface area contributed by atoms with Crippen LogP contribution in [0.15, 0.2) is 42.5 Å². The van der Waals surface area contributed by atoms with E-state index in [2.05, 4.69) is 10.3 Å². The molecule has 0 aliphatic rings. The summed E-state index contributed by atoms with van der Waals surface area (Å²) in [7, 11) is 0. The van der Waals surface area contributed by atoms with Gasteiger partial charge in [-0.2, -0.15) is 0 Å². The number of nitrogens with zero attached hydrogens (tertiary/aromatic N) is 1. The molecule has 0 atom stereocenters. The molecule has 1 heterocycles. The second-order valence-electron chi connectivity index (χ2n) is 5.62. The maximum absolute atomic E-state index is 13.8. The number of amides is 1. The zero-order valence-corrected chi connectivity index (χ0v) is 15.3. The highest BCUT2D eigenvalue weighted by Gasteiger charge is 2.17. The molecule has 2 aromatic carbocycles. The van der Waals surface area contributed by atoms with Crippen molar-refractivity contribution >= 4 is 28.8 Å². The standard InChI is InChI=1S/C19H16ClFN2OS/c1-11-6-3-4-7-13(11)19-23-12(2)16(25-19)10-22-18(24)17-14(20)8-5-9-15(17)21/h3-9H,10H2,1-2H3,(H,22,24). The van der Waals surface area contributed by atoms with Gasteiger partial charge in [-0.15, -0.1) is 11.3 Å².